The average Bonchev–Trinajstić information content (AvgIpc) is 2.74. The minimum Gasteiger partial charge on any atom is -0.493 e. The van der Waals surface area contributed by atoms with E-state index in [1.54, 1.807) is 43.4 Å². The Kier molecular flexibility index (Phi) is 5.99. The van der Waals surface area contributed by atoms with Crippen LogP contribution in [0.4, 0.5) is 5.69 Å². The molecular weight excluding hydrogens is 449 g/mol. The molecule has 168 valence electrons. The average molecular weight is 474 g/mol. The van der Waals surface area contributed by atoms with Gasteiger partial charge in [-0.1, -0.05) is 55.2 Å². The zero-order chi connectivity index (χ0) is 23.2. The Bertz CT molecular complexity index is 1140. The summed E-state index contributed by atoms with van der Waals surface area (Å²) in [5.41, 5.74) is 2.28. The maximum absolute atomic E-state index is 13.6. The first kappa shape index (κ1) is 22.7. The fraction of sp³-hybridized carbons (Fsp3) is 0.360. The Morgan fingerprint density at radius 3 is 2.41 bits per heavy atom. The van der Waals surface area contributed by atoms with E-state index in [2.05, 4.69) is 0 Å². The molecule has 1 amide bonds. The number of halogens is 2. The van der Waals surface area contributed by atoms with Crippen molar-refractivity contribution in [2.75, 3.05) is 19.1 Å². The van der Waals surface area contributed by atoms with Crippen LogP contribution in [0, 0.1) is 5.41 Å². The number of hydrogen-bond donors (Lipinski definition) is 0. The lowest BCUT2D eigenvalue weighted by molar-refractivity contribution is -0.121. The molecular formula is C25H25Cl2NO4. The van der Waals surface area contributed by atoms with E-state index in [-0.39, 0.29) is 23.5 Å². The zero-order valence-corrected chi connectivity index (χ0v) is 20.0. The molecule has 0 N–H and O–H groups in total. The molecule has 4 rings (SSSR count). The van der Waals surface area contributed by atoms with Gasteiger partial charge in [0.25, 0.3) is 0 Å². The van der Waals surface area contributed by atoms with E-state index in [1.807, 2.05) is 26.0 Å². The molecule has 5 nitrogen and oxygen atoms in total. The van der Waals surface area contributed by atoms with Crippen molar-refractivity contribution >= 4 is 40.6 Å². The smallest absolute Gasteiger partial charge is 0.232 e. The van der Waals surface area contributed by atoms with Crippen LogP contribution in [0.2, 0.25) is 10.0 Å². The fourth-order valence-corrected chi connectivity index (χ4v) is 5.19. The van der Waals surface area contributed by atoms with Crippen molar-refractivity contribution in [3.63, 3.8) is 0 Å². The predicted molar refractivity (Wildman–Crippen MR) is 126 cm³/mol. The summed E-state index contributed by atoms with van der Waals surface area (Å²) in [6, 6.07) is 10.7. The Hall–Kier alpha value is -2.50. The normalized spacial score (nSPS) is 20.3. The van der Waals surface area contributed by atoms with Gasteiger partial charge >= 0.3 is 0 Å². The van der Waals surface area contributed by atoms with E-state index in [1.165, 1.54) is 0 Å². The second kappa shape index (κ2) is 8.45. The van der Waals surface area contributed by atoms with E-state index in [0.717, 1.165) is 5.56 Å². The van der Waals surface area contributed by atoms with Crippen molar-refractivity contribution in [3.05, 3.63) is 63.3 Å². The third-order valence-electron chi connectivity index (χ3n) is 6.12. The number of carbonyl (C=O) groups excluding carboxylic acids is 2. The van der Waals surface area contributed by atoms with Crippen molar-refractivity contribution in [3.8, 4) is 11.5 Å². The van der Waals surface area contributed by atoms with Crippen LogP contribution in [0.25, 0.3) is 0 Å². The molecule has 0 radical (unpaired) electrons. The number of methoxy groups -OCH3 is 2. The van der Waals surface area contributed by atoms with E-state index in [0.29, 0.717) is 51.3 Å². The number of allylic oxidation sites excluding steroid dienone is 2. The van der Waals surface area contributed by atoms with Gasteiger partial charge in [0.15, 0.2) is 17.3 Å². The largest absolute Gasteiger partial charge is 0.493 e. The molecule has 32 heavy (non-hydrogen) atoms. The first-order valence-electron chi connectivity index (χ1n) is 10.4. The molecule has 1 heterocycles. The number of ketones is 1. The molecule has 2 aliphatic rings. The Morgan fingerprint density at radius 1 is 1.00 bits per heavy atom. The van der Waals surface area contributed by atoms with Gasteiger partial charge in [0.2, 0.25) is 5.91 Å². The van der Waals surface area contributed by atoms with E-state index in [9.17, 15) is 9.59 Å². The number of benzene rings is 2. The van der Waals surface area contributed by atoms with Gasteiger partial charge in [0, 0.05) is 35.6 Å². The topological polar surface area (TPSA) is 55.8 Å². The van der Waals surface area contributed by atoms with Crippen LogP contribution in [0.5, 0.6) is 11.5 Å². The van der Waals surface area contributed by atoms with Gasteiger partial charge in [-0.15, -0.1) is 0 Å². The van der Waals surface area contributed by atoms with Crippen molar-refractivity contribution in [2.45, 2.75) is 39.0 Å². The Labute approximate surface area is 197 Å². The molecule has 2 aromatic carbocycles. The zero-order valence-electron chi connectivity index (χ0n) is 18.5. The van der Waals surface area contributed by atoms with Gasteiger partial charge in [0.1, 0.15) is 0 Å². The monoisotopic (exact) mass is 473 g/mol. The second-order valence-electron chi connectivity index (χ2n) is 8.94. The van der Waals surface area contributed by atoms with Crippen LogP contribution in [0.15, 0.2) is 47.7 Å². The molecule has 1 aliphatic carbocycles. The van der Waals surface area contributed by atoms with Gasteiger partial charge < -0.3 is 9.47 Å². The highest BCUT2D eigenvalue weighted by atomic mass is 35.5. The van der Waals surface area contributed by atoms with Crippen LogP contribution in [-0.4, -0.2) is 25.9 Å². The summed E-state index contributed by atoms with van der Waals surface area (Å²) in [4.78, 5) is 28.7. The molecule has 1 aliphatic heterocycles. The molecule has 0 bridgehead atoms. The Balaban J connectivity index is 1.96. The standard InChI is InChI=1S/C25H25Cl2NO4/c1-25(2)12-18-22(19(29)13-25)15(14-7-5-10-20(31-3)24(14)32-4)11-21(30)28(18)17-9-6-8-16(26)23(17)27/h5-10,15H,11-13H2,1-4H3. The number of hydrogen-bond acceptors (Lipinski definition) is 4. The second-order valence-corrected chi connectivity index (χ2v) is 9.73. The minimum atomic E-state index is -0.430. The predicted octanol–water partition coefficient (Wildman–Crippen LogP) is 6.17. The molecule has 0 saturated heterocycles. The number of amides is 1. The maximum atomic E-state index is 13.6. The lowest BCUT2D eigenvalue weighted by Gasteiger charge is -2.43. The summed E-state index contributed by atoms with van der Waals surface area (Å²) in [6.45, 7) is 4.07. The lowest BCUT2D eigenvalue weighted by atomic mass is 9.69. The maximum Gasteiger partial charge on any atom is 0.232 e. The summed E-state index contributed by atoms with van der Waals surface area (Å²) in [5, 5.41) is 0.653. The van der Waals surface area contributed by atoms with Gasteiger partial charge in [-0.3, -0.25) is 14.5 Å². The number of para-hydroxylation sites is 1. The summed E-state index contributed by atoms with van der Waals surface area (Å²) in [7, 11) is 3.13. The van der Waals surface area contributed by atoms with E-state index < -0.39 is 5.92 Å². The highest BCUT2D eigenvalue weighted by molar-refractivity contribution is 6.44. The number of carbonyl (C=O) groups is 2. The molecule has 0 spiro atoms. The first-order valence-corrected chi connectivity index (χ1v) is 11.2. The molecule has 1 unspecified atom stereocenters. The molecule has 0 saturated carbocycles. The minimum absolute atomic E-state index is 0.0294. The number of anilines is 1. The van der Waals surface area contributed by atoms with Crippen LogP contribution in [0.3, 0.4) is 0 Å². The van der Waals surface area contributed by atoms with Crippen molar-refractivity contribution in [1.29, 1.82) is 0 Å². The van der Waals surface area contributed by atoms with Crippen LogP contribution >= 0.6 is 23.2 Å². The first-order chi connectivity index (χ1) is 15.2. The summed E-state index contributed by atoms with van der Waals surface area (Å²) in [5.74, 6) is 0.547. The van der Waals surface area contributed by atoms with E-state index in [4.69, 9.17) is 32.7 Å². The number of nitrogens with zero attached hydrogens (tertiary/aromatic N) is 1. The third-order valence-corrected chi connectivity index (χ3v) is 6.93. The summed E-state index contributed by atoms with van der Waals surface area (Å²) in [6.07, 6.45) is 1.07. The molecule has 1 atom stereocenters. The number of ether oxygens (including phenoxy) is 2. The summed E-state index contributed by atoms with van der Waals surface area (Å²) < 4.78 is 11.1. The highest BCUT2D eigenvalue weighted by Crippen LogP contribution is 2.51. The van der Waals surface area contributed by atoms with Crippen LogP contribution in [0.1, 0.15) is 44.6 Å². The number of rotatable bonds is 4. The molecule has 2 aromatic rings. The van der Waals surface area contributed by atoms with E-state index >= 15 is 0 Å². The SMILES string of the molecule is COc1cccc(C2CC(=O)N(c3cccc(Cl)c3Cl)C3=C2C(=O)CC(C)(C)C3)c1OC. The lowest BCUT2D eigenvalue weighted by Crippen LogP contribution is -2.44. The van der Waals surface area contributed by atoms with Crippen LogP contribution < -0.4 is 14.4 Å². The summed E-state index contributed by atoms with van der Waals surface area (Å²) >= 11 is 12.8. The van der Waals surface area contributed by atoms with Crippen molar-refractivity contribution in [1.82, 2.24) is 0 Å². The molecule has 0 aromatic heterocycles. The quantitative estimate of drug-likeness (QED) is 0.532. The number of Topliss-reactive ketones (excluding diaryl/α,β-unsaturated/α-hetero) is 1. The van der Waals surface area contributed by atoms with Gasteiger partial charge in [0.05, 0.1) is 30.0 Å². The Morgan fingerprint density at radius 2 is 1.72 bits per heavy atom. The third kappa shape index (κ3) is 3.78. The fourth-order valence-electron chi connectivity index (χ4n) is 4.81. The molecule has 7 heteroatoms. The van der Waals surface area contributed by atoms with Crippen molar-refractivity contribution in [2.24, 2.45) is 5.41 Å². The molecule has 0 fully saturated rings. The van der Waals surface area contributed by atoms with Gasteiger partial charge in [-0.05, 0) is 30.0 Å². The highest BCUT2D eigenvalue weighted by Gasteiger charge is 2.45. The van der Waals surface area contributed by atoms with Gasteiger partial charge in [-0.25, -0.2) is 0 Å². The van der Waals surface area contributed by atoms with Gasteiger partial charge in [-0.2, -0.15) is 0 Å². The van der Waals surface area contributed by atoms with Crippen molar-refractivity contribution < 1.29 is 19.1 Å². The van der Waals surface area contributed by atoms with Crippen LogP contribution in [-0.2, 0) is 9.59 Å².